The van der Waals surface area contributed by atoms with Gasteiger partial charge in [0.05, 0.1) is 40.3 Å². The molecule has 43 heavy (non-hydrogen) atoms. The number of hydrogen-bond acceptors (Lipinski definition) is 6. The van der Waals surface area contributed by atoms with Crippen LogP contribution in [0.5, 0.6) is 0 Å². The molecule has 0 aliphatic heterocycles. The van der Waals surface area contributed by atoms with Crippen LogP contribution in [0.1, 0.15) is 155 Å². The predicted octanol–water partition coefficient (Wildman–Crippen LogP) is 7.28. The monoisotopic (exact) mass is 612 g/mol. The molecule has 2 atom stereocenters. The van der Waals surface area contributed by atoms with E-state index in [4.69, 9.17) is 9.47 Å². The maximum absolute atomic E-state index is 11.9. The largest absolute Gasteiger partial charge is 0.544 e. The molecule has 0 spiro atoms. The van der Waals surface area contributed by atoms with E-state index in [1.54, 1.807) is 21.1 Å². The van der Waals surface area contributed by atoms with Crippen LogP contribution >= 0.6 is 0 Å². The van der Waals surface area contributed by atoms with Gasteiger partial charge in [-0.05, 0) is 32.1 Å². The van der Waals surface area contributed by atoms with Gasteiger partial charge in [-0.3, -0.25) is 4.79 Å². The second-order valence-corrected chi connectivity index (χ2v) is 13.3. The van der Waals surface area contributed by atoms with Crippen LogP contribution in [-0.2, 0) is 19.1 Å². The van der Waals surface area contributed by atoms with Gasteiger partial charge >= 0.3 is 5.97 Å². The highest BCUT2D eigenvalue weighted by Gasteiger charge is 2.24. The van der Waals surface area contributed by atoms with Crippen LogP contribution < -0.4 is 5.11 Å². The van der Waals surface area contributed by atoms with Crippen molar-refractivity contribution in [3.05, 3.63) is 12.2 Å². The molecule has 0 aliphatic rings. The first-order chi connectivity index (χ1) is 20.7. The lowest BCUT2D eigenvalue weighted by Crippen LogP contribution is -2.55. The third-order valence-corrected chi connectivity index (χ3v) is 8.13. The Labute approximate surface area is 265 Å². The minimum absolute atomic E-state index is 0.000967. The van der Waals surface area contributed by atoms with Crippen molar-refractivity contribution in [2.75, 3.05) is 41.0 Å². The number of aliphatic hydroxyl groups is 1. The van der Waals surface area contributed by atoms with Crippen molar-refractivity contribution in [1.29, 1.82) is 0 Å². The molecular formula is C36H69NO6. The summed E-state index contributed by atoms with van der Waals surface area (Å²) in [5.74, 6) is -1.41. The minimum Gasteiger partial charge on any atom is -0.544 e. The number of allylic oxidation sites excluding steroid dienone is 2. The van der Waals surface area contributed by atoms with Crippen LogP contribution in [0.2, 0.25) is 0 Å². The van der Waals surface area contributed by atoms with E-state index in [1.807, 2.05) is 0 Å². The highest BCUT2D eigenvalue weighted by atomic mass is 16.5. The Kier molecular flexibility index (Phi) is 28.3. The highest BCUT2D eigenvalue weighted by Crippen LogP contribution is 2.14. The van der Waals surface area contributed by atoms with Gasteiger partial charge in [0.25, 0.3) is 0 Å². The average Bonchev–Trinajstić information content (AvgIpc) is 2.95. The van der Waals surface area contributed by atoms with Crippen molar-refractivity contribution in [3.63, 3.8) is 0 Å². The van der Waals surface area contributed by atoms with Gasteiger partial charge in [0, 0.05) is 12.8 Å². The number of hydrogen-bond donors (Lipinski definition) is 1. The predicted molar refractivity (Wildman–Crippen MR) is 176 cm³/mol. The van der Waals surface area contributed by atoms with E-state index >= 15 is 0 Å². The molecule has 1 N–H and O–H groups in total. The van der Waals surface area contributed by atoms with Crippen molar-refractivity contribution >= 4 is 11.9 Å². The zero-order valence-corrected chi connectivity index (χ0v) is 28.6. The molecule has 0 fully saturated rings. The summed E-state index contributed by atoms with van der Waals surface area (Å²) in [5.41, 5.74) is 0. The van der Waals surface area contributed by atoms with Crippen molar-refractivity contribution in [2.24, 2.45) is 0 Å². The number of esters is 1. The quantitative estimate of drug-likeness (QED) is 0.0372. The molecule has 254 valence electrons. The fourth-order valence-corrected chi connectivity index (χ4v) is 5.30. The van der Waals surface area contributed by atoms with Crippen molar-refractivity contribution in [1.82, 2.24) is 0 Å². The SMILES string of the molecule is CCCCCCCCCC/C=C\CCCCCCCCCCCCCC(=O)OCC(O)COCCC(C(=O)[O-])[N+](C)(C)C. The Bertz CT molecular complexity index is 675. The molecular weight excluding hydrogens is 542 g/mol. The molecule has 0 amide bonds. The van der Waals surface area contributed by atoms with Crippen molar-refractivity contribution in [2.45, 2.75) is 167 Å². The van der Waals surface area contributed by atoms with E-state index in [0.717, 1.165) is 19.3 Å². The molecule has 0 saturated heterocycles. The van der Waals surface area contributed by atoms with Gasteiger partial charge in [-0.1, -0.05) is 122 Å². The number of aliphatic hydroxyl groups excluding tert-OH is 1. The van der Waals surface area contributed by atoms with Gasteiger partial charge in [0.15, 0.2) is 0 Å². The Morgan fingerprint density at radius 1 is 0.698 bits per heavy atom. The number of likely N-dealkylation sites (N-methyl/N-ethyl adjacent to an activating group) is 1. The number of nitrogens with zero attached hydrogens (tertiary/aromatic N) is 1. The maximum atomic E-state index is 11.9. The van der Waals surface area contributed by atoms with E-state index in [0.29, 0.717) is 6.42 Å². The number of ether oxygens (including phenoxy) is 2. The number of carboxylic acid groups (broad SMARTS) is 1. The summed E-state index contributed by atoms with van der Waals surface area (Å²) in [6.45, 7) is 2.37. The summed E-state index contributed by atoms with van der Waals surface area (Å²) in [6, 6.07) is -0.684. The summed E-state index contributed by atoms with van der Waals surface area (Å²) in [6.07, 6.45) is 31.7. The van der Waals surface area contributed by atoms with Gasteiger partial charge in [0.1, 0.15) is 18.8 Å². The first kappa shape index (κ1) is 41.6. The first-order valence-electron chi connectivity index (χ1n) is 17.8. The molecule has 0 aromatic heterocycles. The van der Waals surface area contributed by atoms with Crippen LogP contribution in [0, 0.1) is 0 Å². The Morgan fingerprint density at radius 2 is 1.14 bits per heavy atom. The summed E-state index contributed by atoms with van der Waals surface area (Å²) in [7, 11) is 5.36. The van der Waals surface area contributed by atoms with E-state index in [2.05, 4.69) is 19.1 Å². The summed E-state index contributed by atoms with van der Waals surface area (Å²) >= 11 is 0. The van der Waals surface area contributed by atoms with Crippen molar-refractivity contribution < 1.29 is 33.8 Å². The normalized spacial score (nSPS) is 13.4. The Balaban J connectivity index is 3.42. The van der Waals surface area contributed by atoms with E-state index < -0.39 is 18.1 Å². The topological polar surface area (TPSA) is 95.9 Å². The first-order valence-corrected chi connectivity index (χ1v) is 17.8. The minimum atomic E-state index is -1.12. The lowest BCUT2D eigenvalue weighted by Gasteiger charge is -2.34. The van der Waals surface area contributed by atoms with Gasteiger partial charge in [-0.2, -0.15) is 0 Å². The van der Waals surface area contributed by atoms with E-state index in [9.17, 15) is 19.8 Å². The van der Waals surface area contributed by atoms with Crippen LogP contribution in [0.4, 0.5) is 0 Å². The highest BCUT2D eigenvalue weighted by molar-refractivity contribution is 5.69. The van der Waals surface area contributed by atoms with Crippen LogP contribution in [0.25, 0.3) is 0 Å². The maximum Gasteiger partial charge on any atom is 0.305 e. The van der Waals surface area contributed by atoms with Crippen molar-refractivity contribution in [3.8, 4) is 0 Å². The van der Waals surface area contributed by atoms with Crippen LogP contribution in [-0.4, -0.2) is 74.6 Å². The number of carbonyl (C=O) groups is 2. The molecule has 0 bridgehead atoms. The smallest absolute Gasteiger partial charge is 0.305 e. The molecule has 0 aromatic rings. The lowest BCUT2D eigenvalue weighted by molar-refractivity contribution is -0.889. The van der Waals surface area contributed by atoms with Crippen LogP contribution in [0.15, 0.2) is 12.2 Å². The Hall–Kier alpha value is -1.44. The third kappa shape index (κ3) is 29.1. The molecule has 0 saturated carbocycles. The zero-order valence-electron chi connectivity index (χ0n) is 28.6. The van der Waals surface area contributed by atoms with Crippen LogP contribution in [0.3, 0.4) is 0 Å². The second-order valence-electron chi connectivity index (χ2n) is 13.3. The number of carboxylic acids is 1. The average molecular weight is 612 g/mol. The van der Waals surface area contributed by atoms with E-state index in [-0.39, 0.29) is 36.7 Å². The molecule has 7 heteroatoms. The van der Waals surface area contributed by atoms with Gasteiger partial charge in [0.2, 0.25) is 0 Å². The zero-order chi connectivity index (χ0) is 32.0. The number of unbranched alkanes of at least 4 members (excludes halogenated alkanes) is 19. The second kappa shape index (κ2) is 29.3. The summed E-state index contributed by atoms with van der Waals surface area (Å²) in [5, 5.41) is 21.2. The van der Waals surface area contributed by atoms with E-state index in [1.165, 1.54) is 116 Å². The molecule has 0 radical (unpaired) electrons. The fourth-order valence-electron chi connectivity index (χ4n) is 5.30. The summed E-state index contributed by atoms with van der Waals surface area (Å²) < 4.78 is 10.8. The molecule has 0 aliphatic carbocycles. The molecule has 0 heterocycles. The lowest BCUT2D eigenvalue weighted by atomic mass is 10.0. The molecule has 0 aromatic carbocycles. The standard InChI is InChI=1S/C36H69NO6/c1-5-6-7-8-9-10-11-12-13-14-15-16-17-18-19-20-21-22-23-24-25-26-27-28-35(39)43-32-33(38)31-42-30-29-34(36(40)41)37(2,3)4/h14-15,33-34,38H,5-13,16-32H2,1-4H3/b15-14-. The summed E-state index contributed by atoms with van der Waals surface area (Å²) in [4.78, 5) is 23.2. The van der Waals surface area contributed by atoms with Gasteiger partial charge in [-0.15, -0.1) is 0 Å². The third-order valence-electron chi connectivity index (χ3n) is 8.13. The van der Waals surface area contributed by atoms with Gasteiger partial charge in [-0.25, -0.2) is 0 Å². The fraction of sp³-hybridized carbons (Fsp3) is 0.889. The number of quaternary nitrogens is 1. The Morgan fingerprint density at radius 3 is 1.58 bits per heavy atom. The van der Waals surface area contributed by atoms with Gasteiger partial charge < -0.3 is 29.0 Å². The number of rotatable bonds is 32. The number of aliphatic carboxylic acids is 1. The molecule has 0 rings (SSSR count). The molecule has 2 unspecified atom stereocenters. The molecule has 7 nitrogen and oxygen atoms in total. The number of carbonyl (C=O) groups excluding carboxylic acids is 2.